The van der Waals surface area contributed by atoms with Crippen LogP contribution in [0.4, 0.5) is 5.69 Å². The van der Waals surface area contributed by atoms with Crippen molar-refractivity contribution in [2.24, 2.45) is 0 Å². The molecule has 1 atom stereocenters. The maximum absolute atomic E-state index is 13.0. The van der Waals surface area contributed by atoms with Crippen LogP contribution in [0.5, 0.6) is 0 Å². The Morgan fingerprint density at radius 2 is 2.08 bits per heavy atom. The van der Waals surface area contributed by atoms with Gasteiger partial charge in [0.25, 0.3) is 0 Å². The number of anilines is 1. The molecule has 2 heterocycles. The van der Waals surface area contributed by atoms with Crippen LogP contribution in [0.25, 0.3) is 0 Å². The van der Waals surface area contributed by atoms with Gasteiger partial charge in [-0.3, -0.25) is 4.79 Å². The third-order valence-corrected chi connectivity index (χ3v) is 8.63. The van der Waals surface area contributed by atoms with Crippen LogP contribution in [0.1, 0.15) is 25.8 Å². The Hall–Kier alpha value is -1.45. The lowest BCUT2D eigenvalue weighted by Crippen LogP contribution is -2.40. The number of amides is 1. The molecule has 2 aliphatic heterocycles. The molecule has 0 aliphatic carbocycles. The molecule has 0 saturated carbocycles. The molecular formula is C16H22N2O5S2. The molecule has 0 aromatic heterocycles. The van der Waals surface area contributed by atoms with Crippen molar-refractivity contribution < 1.29 is 21.6 Å². The quantitative estimate of drug-likeness (QED) is 0.763. The molecule has 1 aromatic carbocycles. The van der Waals surface area contributed by atoms with E-state index in [9.17, 15) is 21.6 Å². The Morgan fingerprint density at radius 1 is 1.36 bits per heavy atom. The topological polar surface area (TPSA) is 91.8 Å². The number of rotatable bonds is 4. The fraction of sp³-hybridized carbons (Fsp3) is 0.562. The minimum atomic E-state index is -3.78. The van der Waals surface area contributed by atoms with Crippen LogP contribution in [-0.2, 0) is 31.1 Å². The molecule has 1 amide bonds. The van der Waals surface area contributed by atoms with E-state index in [-0.39, 0.29) is 28.9 Å². The van der Waals surface area contributed by atoms with Crippen LogP contribution in [0.2, 0.25) is 0 Å². The summed E-state index contributed by atoms with van der Waals surface area (Å²) in [7, 11) is -6.95. The Bertz CT molecular complexity index is 908. The van der Waals surface area contributed by atoms with E-state index in [1.54, 1.807) is 24.0 Å². The summed E-state index contributed by atoms with van der Waals surface area (Å²) in [5, 5.41) is 0. The highest BCUT2D eigenvalue weighted by atomic mass is 32.2. The minimum absolute atomic E-state index is 0.0292. The maximum Gasteiger partial charge on any atom is 0.243 e. The number of hydrogen-bond donors (Lipinski definition) is 0. The van der Waals surface area contributed by atoms with Crippen molar-refractivity contribution >= 4 is 31.5 Å². The summed E-state index contributed by atoms with van der Waals surface area (Å²) in [5.41, 5.74) is 1.57. The van der Waals surface area contributed by atoms with Gasteiger partial charge in [-0.2, -0.15) is 4.31 Å². The summed E-state index contributed by atoms with van der Waals surface area (Å²) in [6.07, 6.45) is 0.945. The predicted molar refractivity (Wildman–Crippen MR) is 94.8 cm³/mol. The molecule has 9 heteroatoms. The molecule has 1 aromatic rings. The largest absolute Gasteiger partial charge is 0.312 e. The lowest BCUT2D eigenvalue weighted by molar-refractivity contribution is -0.116. The molecule has 25 heavy (non-hydrogen) atoms. The molecule has 138 valence electrons. The van der Waals surface area contributed by atoms with Gasteiger partial charge in [-0.05, 0) is 36.6 Å². The van der Waals surface area contributed by atoms with E-state index in [1.807, 2.05) is 0 Å². The summed E-state index contributed by atoms with van der Waals surface area (Å²) in [5.74, 6) is -0.161. The van der Waals surface area contributed by atoms with Crippen molar-refractivity contribution in [3.63, 3.8) is 0 Å². The highest BCUT2D eigenvalue weighted by Gasteiger charge is 2.38. The lowest BCUT2D eigenvalue weighted by Gasteiger charge is -2.26. The van der Waals surface area contributed by atoms with Crippen molar-refractivity contribution in [2.45, 2.75) is 37.6 Å². The molecule has 1 saturated heterocycles. The summed E-state index contributed by atoms with van der Waals surface area (Å²) in [4.78, 5) is 13.4. The summed E-state index contributed by atoms with van der Waals surface area (Å²) in [6, 6.07) is 4.26. The van der Waals surface area contributed by atoms with Gasteiger partial charge in [0.1, 0.15) is 0 Å². The highest BCUT2D eigenvalue weighted by molar-refractivity contribution is 7.92. The van der Waals surface area contributed by atoms with E-state index in [4.69, 9.17) is 0 Å². The second-order valence-corrected chi connectivity index (χ2v) is 10.6. The Kier molecular flexibility index (Phi) is 4.67. The number of benzene rings is 1. The second-order valence-electron chi connectivity index (χ2n) is 6.48. The zero-order valence-corrected chi connectivity index (χ0v) is 15.9. The second kappa shape index (κ2) is 6.37. The minimum Gasteiger partial charge on any atom is -0.312 e. The first-order valence-electron chi connectivity index (χ1n) is 8.29. The third kappa shape index (κ3) is 3.32. The third-order valence-electron chi connectivity index (χ3n) is 4.86. The number of sulfonamides is 1. The van der Waals surface area contributed by atoms with Gasteiger partial charge in [-0.15, -0.1) is 0 Å². The van der Waals surface area contributed by atoms with Crippen molar-refractivity contribution in [3.8, 4) is 0 Å². The SMILES string of the molecule is CCN([C@@H]1CCS(=O)(=O)C1)S(=O)(=O)c1ccc2c(c1)CCN2C(C)=O. The highest BCUT2D eigenvalue weighted by Crippen LogP contribution is 2.32. The monoisotopic (exact) mass is 386 g/mol. The normalized spacial score (nSPS) is 22.4. The fourth-order valence-electron chi connectivity index (χ4n) is 3.63. The predicted octanol–water partition coefficient (Wildman–Crippen LogP) is 0.793. The standard InChI is InChI=1S/C16H22N2O5S2/c1-3-18(14-7-9-24(20,21)11-14)25(22,23)15-4-5-16-13(10-15)6-8-17(16)12(2)19/h4-5,10,14H,3,6-9,11H2,1-2H3/t14-/m1/s1. The molecular weight excluding hydrogens is 364 g/mol. The zero-order valence-electron chi connectivity index (χ0n) is 14.3. The number of carbonyl (C=O) groups is 1. The fourth-order valence-corrected chi connectivity index (χ4v) is 7.17. The van der Waals surface area contributed by atoms with E-state index < -0.39 is 25.9 Å². The Morgan fingerprint density at radius 3 is 2.64 bits per heavy atom. The van der Waals surface area contributed by atoms with Gasteiger partial charge in [0.05, 0.1) is 16.4 Å². The molecule has 2 aliphatic rings. The van der Waals surface area contributed by atoms with Crippen LogP contribution < -0.4 is 4.90 Å². The average Bonchev–Trinajstić information content (AvgIpc) is 3.10. The number of carbonyl (C=O) groups excluding carboxylic acids is 1. The number of hydrogen-bond acceptors (Lipinski definition) is 5. The van der Waals surface area contributed by atoms with Crippen LogP contribution in [0.15, 0.2) is 23.1 Å². The van der Waals surface area contributed by atoms with Crippen molar-refractivity contribution in [1.82, 2.24) is 4.31 Å². The summed E-state index contributed by atoms with van der Waals surface area (Å²) >= 11 is 0. The van der Waals surface area contributed by atoms with Crippen molar-refractivity contribution in [3.05, 3.63) is 23.8 Å². The zero-order chi connectivity index (χ0) is 18.4. The van der Waals surface area contributed by atoms with Gasteiger partial charge in [0.15, 0.2) is 9.84 Å². The Balaban J connectivity index is 1.93. The van der Waals surface area contributed by atoms with Crippen LogP contribution >= 0.6 is 0 Å². The van der Waals surface area contributed by atoms with Gasteiger partial charge in [0.2, 0.25) is 15.9 Å². The molecule has 0 N–H and O–H groups in total. The van der Waals surface area contributed by atoms with E-state index >= 15 is 0 Å². The smallest absolute Gasteiger partial charge is 0.243 e. The number of nitrogens with zero attached hydrogens (tertiary/aromatic N) is 2. The van der Waals surface area contributed by atoms with Crippen LogP contribution in [0.3, 0.4) is 0 Å². The number of fused-ring (bicyclic) bond motifs is 1. The first-order valence-corrected chi connectivity index (χ1v) is 11.5. The molecule has 0 unspecified atom stereocenters. The molecule has 0 radical (unpaired) electrons. The summed E-state index contributed by atoms with van der Waals surface area (Å²) < 4.78 is 50.8. The van der Waals surface area contributed by atoms with E-state index in [2.05, 4.69) is 0 Å². The molecule has 3 rings (SSSR count). The molecule has 7 nitrogen and oxygen atoms in total. The van der Waals surface area contributed by atoms with Gasteiger partial charge in [-0.1, -0.05) is 6.92 Å². The van der Waals surface area contributed by atoms with Crippen molar-refractivity contribution in [2.75, 3.05) is 29.5 Å². The van der Waals surface area contributed by atoms with E-state index in [0.717, 1.165) is 11.3 Å². The summed E-state index contributed by atoms with van der Waals surface area (Å²) in [6.45, 7) is 3.97. The molecule has 1 fully saturated rings. The first-order chi connectivity index (χ1) is 11.7. The molecule has 0 spiro atoms. The Labute approximate surface area is 148 Å². The average molecular weight is 386 g/mol. The molecule has 0 bridgehead atoms. The van der Waals surface area contributed by atoms with E-state index in [0.29, 0.717) is 19.4 Å². The first kappa shape index (κ1) is 18.3. The lowest BCUT2D eigenvalue weighted by atomic mass is 10.2. The van der Waals surface area contributed by atoms with Gasteiger partial charge < -0.3 is 4.90 Å². The van der Waals surface area contributed by atoms with Gasteiger partial charge in [0, 0.05) is 31.7 Å². The van der Waals surface area contributed by atoms with Gasteiger partial charge in [-0.25, -0.2) is 16.8 Å². The van der Waals surface area contributed by atoms with Crippen LogP contribution in [-0.4, -0.2) is 57.7 Å². The van der Waals surface area contributed by atoms with Crippen molar-refractivity contribution in [1.29, 1.82) is 0 Å². The van der Waals surface area contributed by atoms with E-state index in [1.165, 1.54) is 17.3 Å². The van der Waals surface area contributed by atoms with Crippen LogP contribution in [0, 0.1) is 0 Å². The maximum atomic E-state index is 13.0. The number of sulfone groups is 1. The van der Waals surface area contributed by atoms with Gasteiger partial charge >= 0.3 is 0 Å².